The fraction of sp³-hybridized carbons (Fsp3) is 0.750. The highest BCUT2D eigenvalue weighted by Crippen LogP contribution is 2.35. The first kappa shape index (κ1) is 22.9. The Balaban J connectivity index is 4.84. The molecule has 1 amide bonds. The van der Waals surface area contributed by atoms with Crippen molar-refractivity contribution in [1.29, 1.82) is 0 Å². The lowest BCUT2D eigenvalue weighted by Crippen LogP contribution is -2.47. The molecule has 146 valence electrons. The molecule has 0 bridgehead atoms. The lowest BCUT2D eigenvalue weighted by Gasteiger charge is -2.24. The van der Waals surface area contributed by atoms with E-state index in [9.17, 15) is 35.9 Å². The van der Waals surface area contributed by atoms with Crippen molar-refractivity contribution in [2.75, 3.05) is 13.2 Å². The maximum Gasteiger partial charge on any atom is 0.423 e. The van der Waals surface area contributed by atoms with Gasteiger partial charge >= 0.3 is 12.4 Å². The van der Waals surface area contributed by atoms with Crippen LogP contribution in [0, 0.1) is 0 Å². The van der Waals surface area contributed by atoms with Crippen LogP contribution >= 0.6 is 0 Å². The third-order valence-corrected chi connectivity index (χ3v) is 2.70. The summed E-state index contributed by atoms with van der Waals surface area (Å²) in [5.74, 6) is -2.06. The molecule has 0 aliphatic rings. The number of halogens is 6. The number of hydrogen-bond acceptors (Lipinski definition) is 4. The zero-order valence-corrected chi connectivity index (χ0v) is 13.1. The van der Waals surface area contributed by atoms with E-state index in [2.05, 4.69) is 15.0 Å². The zero-order chi connectivity index (χ0) is 19.8. The van der Waals surface area contributed by atoms with Gasteiger partial charge in [0.2, 0.25) is 12.0 Å². The number of carbonyl (C=O) groups is 2. The second-order valence-electron chi connectivity index (χ2n) is 4.94. The summed E-state index contributed by atoms with van der Waals surface area (Å²) in [5.41, 5.74) is 10.1. The second kappa shape index (κ2) is 9.44. The zero-order valence-electron chi connectivity index (χ0n) is 13.1. The molecule has 0 aromatic heterocycles. The first-order chi connectivity index (χ1) is 11.2. The summed E-state index contributed by atoms with van der Waals surface area (Å²) in [5, 5.41) is 2.13. The number of nitrogens with zero attached hydrogens (tertiary/aromatic N) is 1. The van der Waals surface area contributed by atoms with E-state index < -0.39 is 42.8 Å². The Bertz CT molecular complexity index is 474. The van der Waals surface area contributed by atoms with Gasteiger partial charge in [-0.1, -0.05) is 0 Å². The molecule has 0 saturated heterocycles. The molecule has 0 aromatic rings. The van der Waals surface area contributed by atoms with Crippen LogP contribution in [0.4, 0.5) is 26.3 Å². The van der Waals surface area contributed by atoms with E-state index in [1.165, 1.54) is 0 Å². The summed E-state index contributed by atoms with van der Waals surface area (Å²) in [4.78, 5) is 26.4. The highest BCUT2D eigenvalue weighted by Gasteiger charge is 2.58. The molecule has 13 heteroatoms. The number of alkyl halides is 6. The molecule has 25 heavy (non-hydrogen) atoms. The van der Waals surface area contributed by atoms with Crippen molar-refractivity contribution in [2.24, 2.45) is 16.5 Å². The van der Waals surface area contributed by atoms with Crippen molar-refractivity contribution in [2.45, 2.75) is 44.3 Å². The number of guanidine groups is 1. The molecular weight excluding hydrogens is 362 g/mol. The molecular formula is C12H18F6N4O3. The maximum atomic E-state index is 12.3. The summed E-state index contributed by atoms with van der Waals surface area (Å²) in [6, 6.07) is -1.33. The SMILES string of the molecule is CC(=O)NC(CCCN=C(N)N)C(=O)COC(C(F)(F)F)C(F)(F)F. The number of Topliss-reactive ketones (excluding diaryl/α,β-unsaturated/α-hetero) is 1. The van der Waals surface area contributed by atoms with Gasteiger partial charge in [0.15, 0.2) is 11.7 Å². The Morgan fingerprint density at radius 1 is 1.12 bits per heavy atom. The van der Waals surface area contributed by atoms with Crippen molar-refractivity contribution in [3.8, 4) is 0 Å². The van der Waals surface area contributed by atoms with E-state index in [-0.39, 0.29) is 25.3 Å². The standard InChI is InChI=1S/C12H18F6N4O3/c1-6(23)22-7(3-2-4-21-10(19)20)8(24)5-25-9(11(13,14)15)12(16,17)18/h7,9H,2-5H2,1H3,(H,22,23)(H4,19,20,21). The van der Waals surface area contributed by atoms with Gasteiger partial charge in [-0.3, -0.25) is 14.6 Å². The second-order valence-corrected chi connectivity index (χ2v) is 4.94. The molecule has 0 aliphatic heterocycles. The average molecular weight is 380 g/mol. The van der Waals surface area contributed by atoms with Crippen molar-refractivity contribution in [3.05, 3.63) is 0 Å². The van der Waals surface area contributed by atoms with Gasteiger partial charge in [-0.2, -0.15) is 26.3 Å². The van der Waals surface area contributed by atoms with Crippen molar-refractivity contribution in [3.63, 3.8) is 0 Å². The van der Waals surface area contributed by atoms with Crippen LogP contribution in [0.5, 0.6) is 0 Å². The monoisotopic (exact) mass is 380 g/mol. The van der Waals surface area contributed by atoms with Gasteiger partial charge in [0.05, 0.1) is 6.04 Å². The third-order valence-electron chi connectivity index (χ3n) is 2.70. The molecule has 1 atom stereocenters. The van der Waals surface area contributed by atoms with Gasteiger partial charge in [-0.25, -0.2) is 0 Å². The number of ether oxygens (including phenoxy) is 1. The van der Waals surface area contributed by atoms with Crippen LogP contribution in [-0.2, 0) is 14.3 Å². The molecule has 0 aliphatic carbocycles. The molecule has 0 saturated carbocycles. The van der Waals surface area contributed by atoms with E-state index in [0.29, 0.717) is 0 Å². The predicted octanol–water partition coefficient (Wildman–Crippen LogP) is 0.624. The summed E-state index contributed by atoms with van der Waals surface area (Å²) in [7, 11) is 0. The third kappa shape index (κ3) is 9.74. The number of nitrogens with two attached hydrogens (primary N) is 2. The molecule has 0 fully saturated rings. The molecule has 1 unspecified atom stereocenters. The summed E-state index contributed by atoms with van der Waals surface area (Å²) in [6.45, 7) is -0.386. The Morgan fingerprint density at radius 2 is 1.64 bits per heavy atom. The molecule has 0 aromatic carbocycles. The van der Waals surface area contributed by atoms with Crippen LogP contribution in [0.15, 0.2) is 4.99 Å². The largest absolute Gasteiger partial charge is 0.423 e. The summed E-state index contributed by atoms with van der Waals surface area (Å²) < 4.78 is 77.7. The van der Waals surface area contributed by atoms with Crippen LogP contribution < -0.4 is 16.8 Å². The Kier molecular flexibility index (Phi) is 8.66. The topological polar surface area (TPSA) is 120 Å². The van der Waals surface area contributed by atoms with Gasteiger partial charge in [-0.15, -0.1) is 0 Å². The first-order valence-corrected chi connectivity index (χ1v) is 6.85. The number of ketones is 1. The fourth-order valence-electron chi connectivity index (χ4n) is 1.70. The van der Waals surface area contributed by atoms with Crippen molar-refractivity contribution >= 4 is 17.6 Å². The van der Waals surface area contributed by atoms with Gasteiger partial charge in [-0.05, 0) is 12.8 Å². The van der Waals surface area contributed by atoms with Gasteiger partial charge < -0.3 is 21.5 Å². The Labute approximate surface area is 138 Å². The molecule has 0 spiro atoms. The number of carbonyl (C=O) groups excluding carboxylic acids is 2. The molecule has 0 rings (SSSR count). The van der Waals surface area contributed by atoms with E-state index in [1.807, 2.05) is 0 Å². The minimum Gasteiger partial charge on any atom is -0.370 e. The molecule has 5 N–H and O–H groups in total. The Hall–Kier alpha value is -2.05. The number of nitrogens with one attached hydrogen (secondary N) is 1. The minimum absolute atomic E-state index is 0.0558. The molecule has 0 heterocycles. The lowest BCUT2D eigenvalue weighted by molar-refractivity contribution is -0.319. The van der Waals surface area contributed by atoms with Crippen LogP contribution in [0.1, 0.15) is 19.8 Å². The van der Waals surface area contributed by atoms with Gasteiger partial charge in [0.25, 0.3) is 0 Å². The van der Waals surface area contributed by atoms with E-state index in [0.717, 1.165) is 6.92 Å². The van der Waals surface area contributed by atoms with Crippen molar-refractivity contribution in [1.82, 2.24) is 5.32 Å². The van der Waals surface area contributed by atoms with Gasteiger partial charge in [0.1, 0.15) is 6.61 Å². The lowest BCUT2D eigenvalue weighted by atomic mass is 10.1. The summed E-state index contributed by atoms with van der Waals surface area (Å²) in [6.07, 6.45) is -15.5. The minimum atomic E-state index is -5.73. The Morgan fingerprint density at radius 3 is 2.04 bits per heavy atom. The van der Waals surface area contributed by atoms with Crippen LogP contribution in [-0.4, -0.2) is 55.3 Å². The normalized spacial score (nSPS) is 13.4. The first-order valence-electron chi connectivity index (χ1n) is 6.85. The van der Waals surface area contributed by atoms with E-state index in [1.54, 1.807) is 0 Å². The molecule has 7 nitrogen and oxygen atoms in total. The van der Waals surface area contributed by atoms with Crippen LogP contribution in [0.25, 0.3) is 0 Å². The van der Waals surface area contributed by atoms with E-state index >= 15 is 0 Å². The highest BCUT2D eigenvalue weighted by molar-refractivity contribution is 5.89. The highest BCUT2D eigenvalue weighted by atomic mass is 19.4. The smallest absolute Gasteiger partial charge is 0.370 e. The number of amides is 1. The number of hydrogen-bond donors (Lipinski definition) is 3. The maximum absolute atomic E-state index is 12.3. The number of aliphatic imine (C=N–C) groups is 1. The van der Waals surface area contributed by atoms with E-state index in [4.69, 9.17) is 11.5 Å². The average Bonchev–Trinajstić information content (AvgIpc) is 2.38. The van der Waals surface area contributed by atoms with Gasteiger partial charge in [0, 0.05) is 13.5 Å². The van der Waals surface area contributed by atoms with Crippen molar-refractivity contribution < 1.29 is 40.7 Å². The quantitative estimate of drug-likeness (QED) is 0.235. The fourth-order valence-corrected chi connectivity index (χ4v) is 1.70. The summed E-state index contributed by atoms with van der Waals surface area (Å²) >= 11 is 0. The van der Waals surface area contributed by atoms with Crippen LogP contribution in [0.3, 0.4) is 0 Å². The number of rotatable bonds is 9. The van der Waals surface area contributed by atoms with Crippen LogP contribution in [0.2, 0.25) is 0 Å². The predicted molar refractivity (Wildman–Crippen MR) is 74.4 cm³/mol. The molecule has 0 radical (unpaired) electrons.